The number of ether oxygens (including phenoxy) is 1. The van der Waals surface area contributed by atoms with Crippen molar-refractivity contribution in [3.8, 4) is 0 Å². The molecule has 6 nitrogen and oxygen atoms in total. The van der Waals surface area contributed by atoms with Gasteiger partial charge >= 0.3 is 6.09 Å². The molecule has 0 saturated carbocycles. The van der Waals surface area contributed by atoms with Crippen LogP contribution in [0.1, 0.15) is 5.56 Å². The van der Waals surface area contributed by atoms with Crippen LogP contribution >= 0.6 is 11.8 Å². The quantitative estimate of drug-likeness (QED) is 0.685. The monoisotopic (exact) mass is 311 g/mol. The third-order valence-electron chi connectivity index (χ3n) is 3.71. The largest absolute Gasteiger partial charge is 0.465 e. The van der Waals surface area contributed by atoms with E-state index in [1.165, 1.54) is 23.9 Å². The number of halogens is 1. The van der Waals surface area contributed by atoms with Crippen molar-refractivity contribution >= 4 is 28.7 Å². The van der Waals surface area contributed by atoms with Crippen LogP contribution in [0.2, 0.25) is 0 Å². The van der Waals surface area contributed by atoms with Gasteiger partial charge in [-0.15, -0.1) is 0 Å². The second-order valence-corrected chi connectivity index (χ2v) is 6.04. The van der Waals surface area contributed by atoms with E-state index in [9.17, 15) is 9.18 Å². The van der Waals surface area contributed by atoms with Crippen molar-refractivity contribution in [2.45, 2.75) is 5.54 Å². The van der Waals surface area contributed by atoms with Crippen molar-refractivity contribution in [2.75, 3.05) is 24.7 Å². The Morgan fingerprint density at radius 2 is 2.43 bits per heavy atom. The first-order valence-electron chi connectivity index (χ1n) is 6.37. The summed E-state index contributed by atoms with van der Waals surface area (Å²) in [7, 11) is 0. The highest BCUT2D eigenvalue weighted by Crippen LogP contribution is 2.45. The molecule has 0 unspecified atom stereocenters. The number of hydrogen-bond acceptors (Lipinski definition) is 5. The Labute approximate surface area is 124 Å². The minimum absolute atomic E-state index is 0.0156. The molecule has 4 N–H and O–H groups in total. The Bertz CT molecular complexity index is 625. The molecule has 0 aromatic heterocycles. The summed E-state index contributed by atoms with van der Waals surface area (Å²) in [4.78, 5) is 15.2. The number of nitrogens with one attached hydrogen (secondary N) is 1. The lowest BCUT2D eigenvalue weighted by Crippen LogP contribution is -2.42. The molecule has 112 valence electrons. The predicted octanol–water partition coefficient (Wildman–Crippen LogP) is 1.62. The average Bonchev–Trinajstić information content (AvgIpc) is 2.84. The SMILES string of the molecule is Nc1ccc(F)c([C@]23COC[C@H]2CSC(NC(=O)O)=N3)c1. The van der Waals surface area contributed by atoms with Crippen LogP contribution in [0.25, 0.3) is 0 Å². The molecule has 0 aliphatic carbocycles. The number of anilines is 1. The summed E-state index contributed by atoms with van der Waals surface area (Å²) in [5.41, 5.74) is 5.64. The summed E-state index contributed by atoms with van der Waals surface area (Å²) < 4.78 is 19.7. The number of carboxylic acid groups (broad SMARTS) is 1. The number of hydrogen-bond donors (Lipinski definition) is 3. The van der Waals surface area contributed by atoms with E-state index in [-0.39, 0.29) is 17.7 Å². The van der Waals surface area contributed by atoms with Gasteiger partial charge in [-0.3, -0.25) is 5.32 Å². The van der Waals surface area contributed by atoms with Crippen LogP contribution < -0.4 is 11.1 Å². The minimum Gasteiger partial charge on any atom is -0.465 e. The molecular formula is C13H14FN3O3S. The maximum absolute atomic E-state index is 14.3. The van der Waals surface area contributed by atoms with Crippen LogP contribution in [0.5, 0.6) is 0 Å². The highest BCUT2D eigenvalue weighted by Gasteiger charge is 2.49. The molecular weight excluding hydrogens is 297 g/mol. The number of nitrogens with zero attached hydrogens (tertiary/aromatic N) is 1. The molecule has 1 aromatic carbocycles. The number of fused-ring (bicyclic) bond motifs is 1. The number of nitrogens with two attached hydrogens (primary N) is 1. The van der Waals surface area contributed by atoms with Crippen LogP contribution in [0.3, 0.4) is 0 Å². The van der Waals surface area contributed by atoms with Gasteiger partial charge in [0.05, 0.1) is 13.2 Å². The topological polar surface area (TPSA) is 96.9 Å². The van der Waals surface area contributed by atoms with E-state index in [2.05, 4.69) is 10.3 Å². The number of rotatable bonds is 1. The minimum atomic E-state index is -1.19. The molecule has 21 heavy (non-hydrogen) atoms. The normalized spacial score (nSPS) is 27.9. The molecule has 1 amide bonds. The Morgan fingerprint density at radius 1 is 1.62 bits per heavy atom. The second kappa shape index (κ2) is 5.19. The van der Waals surface area contributed by atoms with Crippen molar-refractivity contribution < 1.29 is 19.0 Å². The Kier molecular flexibility index (Phi) is 3.50. The standard InChI is InChI=1S/C13H14FN3O3S/c14-10-2-1-8(15)3-9(10)13-6-20-4-7(13)5-21-11(17-13)16-12(18)19/h1-3,7H,4-6,15H2,(H,16,17)(H,18,19)/t7-,13-/m0/s1. The van der Waals surface area contributed by atoms with Crippen molar-refractivity contribution in [1.82, 2.24) is 5.32 Å². The van der Waals surface area contributed by atoms with Crippen molar-refractivity contribution in [2.24, 2.45) is 10.9 Å². The lowest BCUT2D eigenvalue weighted by Gasteiger charge is -2.34. The van der Waals surface area contributed by atoms with Crippen LogP contribution in [-0.2, 0) is 10.3 Å². The molecule has 0 radical (unpaired) electrons. The molecule has 0 bridgehead atoms. The molecule has 2 aliphatic rings. The fraction of sp³-hybridized carbons (Fsp3) is 0.385. The van der Waals surface area contributed by atoms with Gasteiger partial charge in [-0.1, -0.05) is 11.8 Å². The van der Waals surface area contributed by atoms with E-state index in [1.807, 2.05) is 0 Å². The van der Waals surface area contributed by atoms with Gasteiger partial charge in [0.25, 0.3) is 0 Å². The van der Waals surface area contributed by atoms with Gasteiger partial charge < -0.3 is 15.6 Å². The summed E-state index contributed by atoms with van der Waals surface area (Å²) in [6, 6.07) is 4.34. The van der Waals surface area contributed by atoms with E-state index in [4.69, 9.17) is 15.6 Å². The van der Waals surface area contributed by atoms with E-state index < -0.39 is 17.4 Å². The lowest BCUT2D eigenvalue weighted by atomic mass is 9.81. The summed E-state index contributed by atoms with van der Waals surface area (Å²) in [5, 5.41) is 11.3. The first-order valence-corrected chi connectivity index (χ1v) is 7.36. The molecule has 1 aromatic rings. The molecule has 3 rings (SSSR count). The smallest absolute Gasteiger partial charge is 0.410 e. The van der Waals surface area contributed by atoms with Crippen molar-refractivity contribution in [3.05, 3.63) is 29.6 Å². The molecule has 1 fully saturated rings. The third-order valence-corrected chi connectivity index (χ3v) is 4.75. The fourth-order valence-electron chi connectivity index (χ4n) is 2.70. The summed E-state index contributed by atoms with van der Waals surface area (Å²) in [6.07, 6.45) is -1.19. The van der Waals surface area contributed by atoms with Gasteiger partial charge in [0, 0.05) is 22.9 Å². The van der Waals surface area contributed by atoms with Crippen molar-refractivity contribution in [3.63, 3.8) is 0 Å². The average molecular weight is 311 g/mol. The fourth-order valence-corrected chi connectivity index (χ4v) is 3.82. The zero-order chi connectivity index (χ0) is 15.0. The highest BCUT2D eigenvalue weighted by atomic mass is 32.2. The molecule has 2 aliphatic heterocycles. The van der Waals surface area contributed by atoms with Gasteiger partial charge in [0.2, 0.25) is 0 Å². The van der Waals surface area contributed by atoms with Crippen molar-refractivity contribution in [1.29, 1.82) is 0 Å². The summed E-state index contributed by atoms with van der Waals surface area (Å²) in [5.74, 6) is 0.177. The van der Waals surface area contributed by atoms with E-state index in [0.717, 1.165) is 0 Å². The van der Waals surface area contributed by atoms with Crippen LogP contribution in [0, 0.1) is 11.7 Å². The maximum Gasteiger partial charge on any atom is 0.410 e. The van der Waals surface area contributed by atoms with Gasteiger partial charge in [0.15, 0.2) is 5.17 Å². The second-order valence-electron chi connectivity index (χ2n) is 5.03. The van der Waals surface area contributed by atoms with Gasteiger partial charge in [0.1, 0.15) is 11.4 Å². The number of aliphatic imine (C=N–C) groups is 1. The van der Waals surface area contributed by atoms with Crippen LogP contribution in [0.15, 0.2) is 23.2 Å². The number of nitrogen functional groups attached to an aromatic ring is 1. The highest BCUT2D eigenvalue weighted by molar-refractivity contribution is 8.13. The Hall–Kier alpha value is -1.80. The lowest BCUT2D eigenvalue weighted by molar-refractivity contribution is 0.176. The van der Waals surface area contributed by atoms with E-state index >= 15 is 0 Å². The molecule has 2 atom stereocenters. The van der Waals surface area contributed by atoms with Crippen LogP contribution in [0.4, 0.5) is 14.9 Å². The summed E-state index contributed by atoms with van der Waals surface area (Å²) in [6.45, 7) is 0.675. The molecule has 8 heteroatoms. The Balaban J connectivity index is 2.09. The number of thioether (sulfide) groups is 1. The Morgan fingerprint density at radius 3 is 3.19 bits per heavy atom. The zero-order valence-corrected chi connectivity index (χ0v) is 11.8. The molecule has 1 saturated heterocycles. The number of amidine groups is 1. The van der Waals surface area contributed by atoms with Gasteiger partial charge in [-0.25, -0.2) is 14.2 Å². The maximum atomic E-state index is 14.3. The predicted molar refractivity (Wildman–Crippen MR) is 77.9 cm³/mol. The first kappa shape index (κ1) is 14.2. The number of benzene rings is 1. The van der Waals surface area contributed by atoms with Gasteiger partial charge in [-0.2, -0.15) is 0 Å². The van der Waals surface area contributed by atoms with Crippen LogP contribution in [-0.4, -0.2) is 35.3 Å². The summed E-state index contributed by atoms with van der Waals surface area (Å²) >= 11 is 1.30. The number of carbonyl (C=O) groups is 1. The third kappa shape index (κ3) is 2.44. The number of amides is 1. The zero-order valence-electron chi connectivity index (χ0n) is 11.0. The molecule has 2 heterocycles. The van der Waals surface area contributed by atoms with Gasteiger partial charge in [-0.05, 0) is 18.2 Å². The van der Waals surface area contributed by atoms with E-state index in [0.29, 0.717) is 23.6 Å². The molecule has 0 spiro atoms. The first-order chi connectivity index (χ1) is 10.0. The van der Waals surface area contributed by atoms with E-state index in [1.54, 1.807) is 6.07 Å².